The van der Waals surface area contributed by atoms with E-state index in [0.717, 1.165) is 21.8 Å². The lowest BCUT2D eigenvalue weighted by atomic mass is 10.0. The molecule has 2 aromatic carbocycles. The highest BCUT2D eigenvalue weighted by molar-refractivity contribution is 7.99. The number of hydrogen-bond donors (Lipinski definition) is 0. The Bertz CT molecular complexity index is 1070. The van der Waals surface area contributed by atoms with Gasteiger partial charge in [-0.2, -0.15) is 0 Å². The van der Waals surface area contributed by atoms with Crippen molar-refractivity contribution in [1.29, 1.82) is 0 Å². The normalized spacial score (nSPS) is 10.9. The smallest absolute Gasteiger partial charge is 0.277 e. The van der Waals surface area contributed by atoms with E-state index in [2.05, 4.69) is 15.2 Å². The molecule has 5 nitrogen and oxygen atoms in total. The first-order valence-electron chi connectivity index (χ1n) is 8.72. The van der Waals surface area contributed by atoms with Crippen molar-refractivity contribution in [1.82, 2.24) is 15.2 Å². The van der Waals surface area contributed by atoms with Gasteiger partial charge >= 0.3 is 0 Å². The first kappa shape index (κ1) is 18.6. The number of carbonyl (C=O) groups is 1. The van der Waals surface area contributed by atoms with Crippen LogP contribution < -0.4 is 0 Å². The Kier molecular flexibility index (Phi) is 5.64. The van der Waals surface area contributed by atoms with E-state index in [-0.39, 0.29) is 11.5 Å². The van der Waals surface area contributed by atoms with Crippen LogP contribution in [0.15, 0.2) is 69.6 Å². The van der Waals surface area contributed by atoms with Crippen LogP contribution in [0, 0.1) is 6.92 Å². The molecule has 0 bridgehead atoms. The third kappa shape index (κ3) is 4.55. The van der Waals surface area contributed by atoms with Crippen LogP contribution >= 0.6 is 23.1 Å². The largest absolute Gasteiger partial charge is 0.416 e. The zero-order valence-corrected chi connectivity index (χ0v) is 16.8. The second-order valence-electron chi connectivity index (χ2n) is 6.15. The Morgan fingerprint density at radius 3 is 2.50 bits per heavy atom. The van der Waals surface area contributed by atoms with E-state index in [1.807, 2.05) is 66.9 Å². The van der Waals surface area contributed by atoms with E-state index < -0.39 is 0 Å². The fourth-order valence-electron chi connectivity index (χ4n) is 2.70. The predicted molar refractivity (Wildman–Crippen MR) is 111 cm³/mol. The number of nitrogens with zero attached hydrogens (tertiary/aromatic N) is 3. The maximum absolute atomic E-state index is 12.4. The number of thioether (sulfide) groups is 1. The molecular formula is C21H17N3O2S2. The fourth-order valence-corrected chi connectivity index (χ4v) is 3.99. The van der Waals surface area contributed by atoms with Crippen molar-refractivity contribution in [3.8, 4) is 11.1 Å². The van der Waals surface area contributed by atoms with Crippen LogP contribution in [-0.4, -0.2) is 26.7 Å². The van der Waals surface area contributed by atoms with Crippen LogP contribution in [-0.2, 0) is 6.42 Å². The molecule has 2 aromatic heterocycles. The molecule has 28 heavy (non-hydrogen) atoms. The number of Topliss-reactive ketones (excluding diaryl/α,β-unsaturated/α-hetero) is 1. The van der Waals surface area contributed by atoms with Crippen molar-refractivity contribution < 1.29 is 9.21 Å². The summed E-state index contributed by atoms with van der Waals surface area (Å²) in [5.41, 5.74) is 3.80. The van der Waals surface area contributed by atoms with E-state index in [1.165, 1.54) is 11.8 Å². The van der Waals surface area contributed by atoms with Crippen LogP contribution in [0.25, 0.3) is 11.1 Å². The Morgan fingerprint density at radius 2 is 1.79 bits per heavy atom. The van der Waals surface area contributed by atoms with Crippen LogP contribution in [0.2, 0.25) is 0 Å². The van der Waals surface area contributed by atoms with Gasteiger partial charge in [0.05, 0.1) is 22.9 Å². The summed E-state index contributed by atoms with van der Waals surface area (Å²) in [6.45, 7) is 1.96. The average Bonchev–Trinajstić information content (AvgIpc) is 3.36. The Hall–Kier alpha value is -2.77. The lowest BCUT2D eigenvalue weighted by Gasteiger charge is -2.03. The fraction of sp³-hybridized carbons (Fsp3) is 0.143. The highest BCUT2D eigenvalue weighted by atomic mass is 32.2. The highest BCUT2D eigenvalue weighted by Crippen LogP contribution is 2.22. The molecule has 7 heteroatoms. The summed E-state index contributed by atoms with van der Waals surface area (Å²) in [5.74, 6) is 0.786. The summed E-state index contributed by atoms with van der Waals surface area (Å²) in [7, 11) is 0. The summed E-state index contributed by atoms with van der Waals surface area (Å²) in [5, 5.41) is 11.4. The molecule has 0 aliphatic rings. The molecule has 0 amide bonds. The maximum atomic E-state index is 12.4. The monoisotopic (exact) mass is 407 g/mol. The van der Waals surface area contributed by atoms with Crippen molar-refractivity contribution in [2.75, 3.05) is 5.75 Å². The van der Waals surface area contributed by atoms with Crippen molar-refractivity contribution in [2.24, 2.45) is 0 Å². The highest BCUT2D eigenvalue weighted by Gasteiger charge is 2.13. The summed E-state index contributed by atoms with van der Waals surface area (Å²) < 4.78 is 5.61. The molecule has 0 atom stereocenters. The third-order valence-electron chi connectivity index (χ3n) is 4.09. The molecule has 0 aliphatic carbocycles. The van der Waals surface area contributed by atoms with Crippen molar-refractivity contribution in [2.45, 2.75) is 18.6 Å². The Morgan fingerprint density at radius 1 is 1.04 bits per heavy atom. The second kappa shape index (κ2) is 8.50. The summed E-state index contributed by atoms with van der Waals surface area (Å²) in [6.07, 6.45) is 0.507. The molecule has 140 valence electrons. The van der Waals surface area contributed by atoms with Crippen LogP contribution in [0.4, 0.5) is 0 Å². The number of aryl methyl sites for hydroxylation is 1. The zero-order chi connectivity index (χ0) is 19.3. The van der Waals surface area contributed by atoms with Crippen LogP contribution in [0.5, 0.6) is 0 Å². The van der Waals surface area contributed by atoms with E-state index >= 15 is 0 Å². The van der Waals surface area contributed by atoms with Crippen molar-refractivity contribution >= 4 is 28.9 Å². The number of hydrogen-bond acceptors (Lipinski definition) is 7. The molecule has 4 aromatic rings. The Labute approximate surface area is 170 Å². The molecule has 0 unspecified atom stereocenters. The van der Waals surface area contributed by atoms with Gasteiger partial charge in [-0.1, -0.05) is 66.4 Å². The number of ketones is 1. The quantitative estimate of drug-likeness (QED) is 0.315. The molecule has 4 rings (SSSR count). The van der Waals surface area contributed by atoms with Gasteiger partial charge in [-0.15, -0.1) is 21.5 Å². The van der Waals surface area contributed by atoms with Crippen molar-refractivity contribution in [3.63, 3.8) is 0 Å². The van der Waals surface area contributed by atoms with Gasteiger partial charge < -0.3 is 4.42 Å². The van der Waals surface area contributed by atoms with E-state index in [0.29, 0.717) is 23.1 Å². The topological polar surface area (TPSA) is 68.9 Å². The lowest BCUT2D eigenvalue weighted by Crippen LogP contribution is -2.02. The number of thiazole rings is 1. The van der Waals surface area contributed by atoms with Gasteiger partial charge in [0, 0.05) is 10.9 Å². The molecule has 0 saturated carbocycles. The van der Waals surface area contributed by atoms with Gasteiger partial charge in [-0.25, -0.2) is 4.98 Å². The number of rotatable bonds is 7. The Balaban J connectivity index is 1.34. The zero-order valence-electron chi connectivity index (χ0n) is 15.2. The molecule has 0 saturated heterocycles. The minimum atomic E-state index is 0.0273. The molecular weight excluding hydrogens is 390 g/mol. The standard InChI is InChI=1S/C21H17N3O2S2/c1-14-22-18(12-27-14)11-20-23-24-21(26-20)28-13-19(25)17-9-7-16(8-10-17)15-5-3-2-4-6-15/h2-10,12H,11,13H2,1H3. The first-order chi connectivity index (χ1) is 13.7. The maximum Gasteiger partial charge on any atom is 0.277 e. The van der Waals surface area contributed by atoms with Gasteiger partial charge in [0.25, 0.3) is 5.22 Å². The van der Waals surface area contributed by atoms with Gasteiger partial charge in [0.1, 0.15) is 0 Å². The summed E-state index contributed by atoms with van der Waals surface area (Å²) >= 11 is 2.84. The SMILES string of the molecule is Cc1nc(Cc2nnc(SCC(=O)c3ccc(-c4ccccc4)cc3)o2)cs1. The van der Waals surface area contributed by atoms with Gasteiger partial charge in [0.15, 0.2) is 5.78 Å². The average molecular weight is 408 g/mol. The number of aromatic nitrogens is 3. The second-order valence-corrected chi connectivity index (χ2v) is 8.14. The van der Waals surface area contributed by atoms with E-state index in [4.69, 9.17) is 4.42 Å². The minimum Gasteiger partial charge on any atom is -0.416 e. The van der Waals surface area contributed by atoms with E-state index in [9.17, 15) is 4.79 Å². The van der Waals surface area contributed by atoms with E-state index in [1.54, 1.807) is 11.3 Å². The lowest BCUT2D eigenvalue weighted by molar-refractivity contribution is 0.102. The predicted octanol–water partition coefficient (Wildman–Crippen LogP) is 5.07. The first-order valence-corrected chi connectivity index (χ1v) is 10.6. The van der Waals surface area contributed by atoms with Crippen molar-refractivity contribution in [3.05, 3.63) is 82.1 Å². The summed E-state index contributed by atoms with van der Waals surface area (Å²) in [6, 6.07) is 17.7. The molecule has 0 radical (unpaired) electrons. The number of benzene rings is 2. The van der Waals surface area contributed by atoms with Crippen LogP contribution in [0.3, 0.4) is 0 Å². The number of carbonyl (C=O) groups excluding carboxylic acids is 1. The molecule has 0 aliphatic heterocycles. The van der Waals surface area contributed by atoms with Crippen LogP contribution in [0.1, 0.15) is 27.0 Å². The molecule has 2 heterocycles. The molecule has 0 N–H and O–H groups in total. The van der Waals surface area contributed by atoms with Gasteiger partial charge in [-0.3, -0.25) is 4.79 Å². The molecule has 0 spiro atoms. The molecule has 0 fully saturated rings. The third-order valence-corrected chi connectivity index (χ3v) is 5.73. The van der Waals surface area contributed by atoms with Gasteiger partial charge in [0.2, 0.25) is 5.89 Å². The van der Waals surface area contributed by atoms with Gasteiger partial charge in [-0.05, 0) is 18.1 Å². The summed E-state index contributed by atoms with van der Waals surface area (Å²) in [4.78, 5) is 16.8. The minimum absolute atomic E-state index is 0.0273.